The number of ether oxygens (including phenoxy) is 1. The molecule has 0 aliphatic heterocycles. The maximum atomic E-state index is 13.7. The first-order valence-electron chi connectivity index (χ1n) is 7.43. The van der Waals surface area contributed by atoms with Gasteiger partial charge in [0.1, 0.15) is 18.1 Å². The third kappa shape index (κ3) is 3.62. The standard InChI is InChI=1S/C18H19FNO2.BrH/c1-22-15-5-6-16-13(10-15)12-20(8-2-3-9-21)18-7-4-14(19)11-17(16)18;/h4-7,10-12,21H,2-3,8-9H2,1H3;1H/q+1;/p-1. The molecule has 0 saturated heterocycles. The van der Waals surface area contributed by atoms with E-state index >= 15 is 0 Å². The van der Waals surface area contributed by atoms with Crippen molar-refractivity contribution in [1.29, 1.82) is 0 Å². The lowest BCUT2D eigenvalue weighted by Crippen LogP contribution is -3.00. The summed E-state index contributed by atoms with van der Waals surface area (Å²) in [6, 6.07) is 10.7. The molecule has 1 aromatic heterocycles. The molecule has 1 heterocycles. The molecule has 0 atom stereocenters. The number of aromatic nitrogens is 1. The zero-order valence-electron chi connectivity index (χ0n) is 12.9. The van der Waals surface area contributed by atoms with E-state index in [9.17, 15) is 4.39 Å². The number of unbranched alkanes of at least 4 members (excludes halogenated alkanes) is 1. The first kappa shape index (κ1) is 17.6. The third-order valence-electron chi connectivity index (χ3n) is 3.92. The molecule has 0 spiro atoms. The summed E-state index contributed by atoms with van der Waals surface area (Å²) in [5, 5.41) is 11.9. The molecule has 1 N–H and O–H groups in total. The van der Waals surface area contributed by atoms with Crippen molar-refractivity contribution >= 4 is 21.7 Å². The molecule has 3 nitrogen and oxygen atoms in total. The van der Waals surface area contributed by atoms with E-state index in [0.717, 1.165) is 46.8 Å². The van der Waals surface area contributed by atoms with E-state index in [-0.39, 0.29) is 29.4 Å². The van der Waals surface area contributed by atoms with E-state index in [4.69, 9.17) is 9.84 Å². The predicted octanol–water partition coefficient (Wildman–Crippen LogP) is 0.205. The van der Waals surface area contributed by atoms with Gasteiger partial charge in [-0.3, -0.25) is 0 Å². The molecule has 2 aromatic carbocycles. The zero-order valence-corrected chi connectivity index (χ0v) is 14.5. The fourth-order valence-corrected chi connectivity index (χ4v) is 2.81. The number of hydrogen-bond donors (Lipinski definition) is 1. The van der Waals surface area contributed by atoms with Crippen molar-refractivity contribution in [3.63, 3.8) is 0 Å². The van der Waals surface area contributed by atoms with E-state index in [1.165, 1.54) is 6.07 Å². The van der Waals surface area contributed by atoms with Gasteiger partial charge in [-0.25, -0.2) is 4.39 Å². The van der Waals surface area contributed by atoms with Crippen LogP contribution >= 0.6 is 0 Å². The summed E-state index contributed by atoms with van der Waals surface area (Å²) in [6.07, 6.45) is 3.70. The van der Waals surface area contributed by atoms with Crippen LogP contribution in [-0.4, -0.2) is 18.8 Å². The van der Waals surface area contributed by atoms with Crippen molar-refractivity contribution in [1.82, 2.24) is 0 Å². The SMILES string of the molecule is COc1ccc2c(c1)c[n+](CCCCO)c1ccc(F)cc21.[Br-]. The smallest absolute Gasteiger partial charge is 0.213 e. The number of benzene rings is 2. The molecular weight excluding hydrogens is 361 g/mol. The second kappa shape index (κ2) is 7.70. The van der Waals surface area contributed by atoms with Gasteiger partial charge in [-0.1, -0.05) is 0 Å². The average molecular weight is 380 g/mol. The number of hydrogen-bond acceptors (Lipinski definition) is 2. The number of halogens is 2. The van der Waals surface area contributed by atoms with Gasteiger partial charge >= 0.3 is 0 Å². The molecule has 3 aromatic rings. The van der Waals surface area contributed by atoms with Crippen molar-refractivity contribution in [2.45, 2.75) is 19.4 Å². The van der Waals surface area contributed by atoms with Crippen LogP contribution in [0.15, 0.2) is 42.6 Å². The van der Waals surface area contributed by atoms with Crippen molar-refractivity contribution in [2.24, 2.45) is 0 Å². The normalized spacial score (nSPS) is 10.7. The fraction of sp³-hybridized carbons (Fsp3) is 0.278. The Morgan fingerprint density at radius 3 is 2.65 bits per heavy atom. The highest BCUT2D eigenvalue weighted by Gasteiger charge is 2.14. The van der Waals surface area contributed by atoms with Crippen molar-refractivity contribution < 1.29 is 35.8 Å². The number of aryl methyl sites for hydroxylation is 1. The lowest BCUT2D eigenvalue weighted by molar-refractivity contribution is -0.670. The van der Waals surface area contributed by atoms with Gasteiger partial charge in [0.25, 0.3) is 0 Å². The minimum absolute atomic E-state index is 0. The van der Waals surface area contributed by atoms with E-state index in [1.807, 2.05) is 24.3 Å². The molecule has 0 saturated carbocycles. The summed E-state index contributed by atoms with van der Waals surface area (Å²) in [7, 11) is 1.64. The second-order valence-corrected chi connectivity index (χ2v) is 5.37. The summed E-state index contributed by atoms with van der Waals surface area (Å²) in [5.41, 5.74) is 0.997. The molecule has 0 unspecified atom stereocenters. The summed E-state index contributed by atoms with van der Waals surface area (Å²) in [4.78, 5) is 0. The van der Waals surface area contributed by atoms with Crippen LogP contribution in [0.5, 0.6) is 5.75 Å². The van der Waals surface area contributed by atoms with Gasteiger partial charge in [-0.2, -0.15) is 4.57 Å². The van der Waals surface area contributed by atoms with Crippen molar-refractivity contribution in [2.75, 3.05) is 13.7 Å². The molecule has 0 radical (unpaired) electrons. The Balaban J connectivity index is 0.00000192. The van der Waals surface area contributed by atoms with Crippen LogP contribution in [0.4, 0.5) is 4.39 Å². The summed E-state index contributed by atoms with van der Waals surface area (Å²) in [6.45, 7) is 0.977. The van der Waals surface area contributed by atoms with Crippen LogP contribution in [-0.2, 0) is 6.54 Å². The topological polar surface area (TPSA) is 33.3 Å². The van der Waals surface area contributed by atoms with Crippen LogP contribution in [0.2, 0.25) is 0 Å². The first-order valence-corrected chi connectivity index (χ1v) is 7.43. The summed E-state index contributed by atoms with van der Waals surface area (Å²) < 4.78 is 21.1. The Kier molecular flexibility index (Phi) is 5.91. The number of methoxy groups -OCH3 is 1. The highest BCUT2D eigenvalue weighted by atomic mass is 79.9. The molecular formula is C18H19BrFNO2. The Labute approximate surface area is 145 Å². The molecule has 3 rings (SSSR count). The number of fused-ring (bicyclic) bond motifs is 3. The fourth-order valence-electron chi connectivity index (χ4n) is 2.81. The lowest BCUT2D eigenvalue weighted by atomic mass is 10.1. The van der Waals surface area contributed by atoms with Gasteiger partial charge in [0.05, 0.1) is 17.9 Å². The minimum atomic E-state index is -0.238. The van der Waals surface area contributed by atoms with Gasteiger partial charge in [-0.05, 0) is 36.8 Å². The van der Waals surface area contributed by atoms with E-state index in [2.05, 4.69) is 10.8 Å². The molecule has 0 fully saturated rings. The van der Waals surface area contributed by atoms with Crippen LogP contribution in [0.3, 0.4) is 0 Å². The van der Waals surface area contributed by atoms with Gasteiger partial charge in [0.15, 0.2) is 6.20 Å². The number of aliphatic hydroxyl groups excluding tert-OH is 1. The molecule has 122 valence electrons. The quantitative estimate of drug-likeness (QED) is 0.390. The Bertz CT molecular complexity index is 823. The largest absolute Gasteiger partial charge is 1.00 e. The molecule has 23 heavy (non-hydrogen) atoms. The molecule has 0 aliphatic carbocycles. The van der Waals surface area contributed by atoms with Gasteiger partial charge in [-0.15, -0.1) is 0 Å². The summed E-state index contributed by atoms with van der Waals surface area (Å²) in [5.74, 6) is 0.544. The Morgan fingerprint density at radius 2 is 1.91 bits per heavy atom. The molecule has 0 bridgehead atoms. The van der Waals surface area contributed by atoms with Gasteiger partial charge in [0, 0.05) is 24.5 Å². The van der Waals surface area contributed by atoms with Crippen molar-refractivity contribution in [3.05, 3.63) is 48.4 Å². The molecule has 5 heteroatoms. The highest BCUT2D eigenvalue weighted by Crippen LogP contribution is 2.26. The van der Waals surface area contributed by atoms with Crippen LogP contribution < -0.4 is 26.3 Å². The average Bonchev–Trinajstić information content (AvgIpc) is 2.54. The van der Waals surface area contributed by atoms with Crippen LogP contribution in [0.25, 0.3) is 21.7 Å². The van der Waals surface area contributed by atoms with Crippen LogP contribution in [0, 0.1) is 5.82 Å². The van der Waals surface area contributed by atoms with Crippen molar-refractivity contribution in [3.8, 4) is 5.75 Å². The number of pyridine rings is 1. The second-order valence-electron chi connectivity index (χ2n) is 5.37. The van der Waals surface area contributed by atoms with E-state index < -0.39 is 0 Å². The summed E-state index contributed by atoms with van der Waals surface area (Å²) >= 11 is 0. The highest BCUT2D eigenvalue weighted by molar-refractivity contribution is 6.04. The van der Waals surface area contributed by atoms with E-state index in [1.54, 1.807) is 13.2 Å². The Hall–Kier alpha value is -1.72. The third-order valence-corrected chi connectivity index (χ3v) is 3.92. The van der Waals surface area contributed by atoms with Gasteiger partial charge in [0.2, 0.25) is 5.52 Å². The monoisotopic (exact) mass is 379 g/mol. The lowest BCUT2D eigenvalue weighted by Gasteiger charge is -2.07. The predicted molar refractivity (Wildman–Crippen MR) is 84.5 cm³/mol. The minimum Gasteiger partial charge on any atom is -1.00 e. The maximum Gasteiger partial charge on any atom is 0.213 e. The first-order chi connectivity index (χ1) is 10.7. The maximum absolute atomic E-state index is 13.7. The number of rotatable bonds is 5. The number of nitrogens with zero attached hydrogens (tertiary/aromatic N) is 1. The zero-order chi connectivity index (χ0) is 15.5. The Morgan fingerprint density at radius 1 is 1.09 bits per heavy atom. The number of aliphatic hydroxyl groups is 1. The van der Waals surface area contributed by atoms with E-state index in [0.29, 0.717) is 0 Å². The van der Waals surface area contributed by atoms with Gasteiger partial charge < -0.3 is 26.8 Å². The van der Waals surface area contributed by atoms with Crippen LogP contribution in [0.1, 0.15) is 12.8 Å². The molecule has 0 aliphatic rings. The molecule has 0 amide bonds.